The maximum absolute atomic E-state index is 9.42. The van der Waals surface area contributed by atoms with Crippen LogP contribution in [0.15, 0.2) is 128 Å². The number of fused-ring (bicyclic) bond motifs is 2. The van der Waals surface area contributed by atoms with Crippen LogP contribution in [-0.2, 0) is 28.9 Å². The van der Waals surface area contributed by atoms with Crippen LogP contribution in [0.5, 0.6) is 17.2 Å². The van der Waals surface area contributed by atoms with Crippen LogP contribution >= 0.6 is 8.53 Å². The minimum atomic E-state index is -1.66. The van der Waals surface area contributed by atoms with Crippen LogP contribution in [0.3, 0.4) is 0 Å². The fourth-order valence-corrected chi connectivity index (χ4v) is 9.43. The highest BCUT2D eigenvalue weighted by molar-refractivity contribution is 7.44. The van der Waals surface area contributed by atoms with Crippen LogP contribution in [0.2, 0.25) is 0 Å². The van der Waals surface area contributed by atoms with Crippen molar-refractivity contribution in [2.24, 2.45) is 0 Å². The van der Waals surface area contributed by atoms with Gasteiger partial charge in [-0.25, -0.2) is 4.67 Å². The lowest BCUT2D eigenvalue weighted by atomic mass is 9.79. The molecule has 0 aromatic heterocycles. The third-order valence-electron chi connectivity index (χ3n) is 10.4. The van der Waals surface area contributed by atoms with Crippen LogP contribution in [0, 0.1) is 11.3 Å². The molecular formula is C49H61N2O8P. The second kappa shape index (κ2) is 22.3. The maximum atomic E-state index is 9.42. The first-order valence-corrected chi connectivity index (χ1v) is 21.7. The predicted octanol–water partition coefficient (Wildman–Crippen LogP) is 10.7. The lowest BCUT2D eigenvalue weighted by Gasteiger charge is -2.41. The van der Waals surface area contributed by atoms with Crippen molar-refractivity contribution in [2.45, 2.75) is 89.1 Å². The Kier molecular flexibility index (Phi) is 17.3. The number of nitrogens with zero attached hydrogens (tertiary/aromatic N) is 2. The van der Waals surface area contributed by atoms with Gasteiger partial charge in [0.05, 0.1) is 46.5 Å². The maximum Gasteiger partial charge on any atom is 0.259 e. The Hall–Kier alpha value is -4.56. The minimum Gasteiger partial charge on any atom is -0.497 e. The van der Waals surface area contributed by atoms with Crippen molar-refractivity contribution >= 4 is 8.53 Å². The van der Waals surface area contributed by atoms with Crippen LogP contribution in [0.1, 0.15) is 75.8 Å². The molecule has 0 amide bonds. The molecule has 4 aromatic rings. The molecular weight excluding hydrogens is 776 g/mol. The summed E-state index contributed by atoms with van der Waals surface area (Å²) in [6.45, 7) is 18.7. The molecule has 2 aliphatic rings. The molecule has 2 heterocycles. The molecule has 0 radical (unpaired) electrons. The zero-order valence-corrected chi connectivity index (χ0v) is 37.0. The van der Waals surface area contributed by atoms with Crippen LogP contribution in [0.25, 0.3) is 0 Å². The summed E-state index contributed by atoms with van der Waals surface area (Å²) < 4.78 is 54.6. The van der Waals surface area contributed by atoms with E-state index >= 15 is 0 Å². The lowest BCUT2D eigenvalue weighted by Crippen LogP contribution is -2.49. The van der Waals surface area contributed by atoms with Gasteiger partial charge in [0.2, 0.25) is 0 Å². The van der Waals surface area contributed by atoms with Gasteiger partial charge in [0.15, 0.2) is 0 Å². The number of hydrogen-bond donors (Lipinski definition) is 0. The molecule has 10 nitrogen and oxygen atoms in total. The smallest absolute Gasteiger partial charge is 0.259 e. The molecule has 5 atom stereocenters. The number of para-hydroxylation sites is 1. The average Bonchev–Trinajstić information content (AvgIpc) is 3.77. The summed E-state index contributed by atoms with van der Waals surface area (Å²) in [5.74, 6) is 2.14. The third kappa shape index (κ3) is 10.5. The van der Waals surface area contributed by atoms with Gasteiger partial charge >= 0.3 is 0 Å². The Morgan fingerprint density at radius 2 is 1.42 bits per heavy atom. The number of nitriles is 1. The standard InChI is InChI=1S/C45H53N2O8P.C4H8/c1-8-28-50-40-18-13-12-17-39(40)41-42-43(55-56(53-29-14-27-46)47(32(2)3)33(4)5)44(54-41,30-51-42)31-52-45(34-15-10-9-11-16-34,35-19-23-37(48-6)24-20-35)36-21-25-38(49-7)26-22-36;1-3-4-2/h8-13,15-26,32-33,41-43H,1,14,28-31H2,2-7H3;3H,1,4H2,2H3/t41-,42+,43?,44+,56?;/m0./s1. The van der Waals surface area contributed by atoms with Gasteiger partial charge in [-0.05, 0) is 81.1 Å². The first-order chi connectivity index (χ1) is 29.1. The molecule has 0 aliphatic carbocycles. The number of ether oxygens (including phenoxy) is 6. The van der Waals surface area contributed by atoms with E-state index in [0.717, 1.165) is 40.2 Å². The number of methoxy groups -OCH3 is 2. The number of benzene rings is 4. The first kappa shape index (κ1) is 46.5. The van der Waals surface area contributed by atoms with Gasteiger partial charge in [0, 0.05) is 17.6 Å². The van der Waals surface area contributed by atoms with E-state index in [1.54, 1.807) is 20.3 Å². The second-order valence-corrected chi connectivity index (χ2v) is 16.5. The topological polar surface area (TPSA) is 101 Å². The van der Waals surface area contributed by atoms with Gasteiger partial charge in [0.1, 0.15) is 53.4 Å². The number of hydrogen-bond acceptors (Lipinski definition) is 10. The van der Waals surface area contributed by atoms with Crippen molar-refractivity contribution in [2.75, 3.05) is 40.6 Å². The molecule has 0 spiro atoms. The van der Waals surface area contributed by atoms with Gasteiger partial charge in [-0.15, -0.1) is 6.58 Å². The molecule has 60 heavy (non-hydrogen) atoms. The van der Waals surface area contributed by atoms with Crippen LogP contribution < -0.4 is 14.2 Å². The SMILES string of the molecule is C=CCC.C=CCOc1ccccc1[C@@H]1O[C@@]2(COC(c3ccccc3)(c3ccc(OC)cc3)c3ccc(OC)cc3)CO[C@H]1C2OP(OCCC#N)N(C(C)C)C(C)C. The normalized spacial score (nSPS) is 20.0. The van der Waals surface area contributed by atoms with E-state index in [2.05, 4.69) is 70.6 Å². The van der Waals surface area contributed by atoms with Gasteiger partial charge in [-0.2, -0.15) is 5.26 Å². The molecule has 11 heteroatoms. The summed E-state index contributed by atoms with van der Waals surface area (Å²) in [5, 5.41) is 9.42. The van der Waals surface area contributed by atoms with E-state index in [0.29, 0.717) is 12.4 Å². The fraction of sp³-hybridized carbons (Fsp3) is 0.408. The Morgan fingerprint density at radius 3 is 1.95 bits per heavy atom. The van der Waals surface area contributed by atoms with E-state index in [1.807, 2.05) is 97.1 Å². The van der Waals surface area contributed by atoms with Crippen molar-refractivity contribution in [1.82, 2.24) is 4.67 Å². The summed E-state index contributed by atoms with van der Waals surface area (Å²) in [6.07, 6.45) is 3.23. The molecule has 2 unspecified atom stereocenters. The minimum absolute atomic E-state index is 0.0814. The van der Waals surface area contributed by atoms with Gasteiger partial charge in [-0.1, -0.05) is 98.5 Å². The summed E-state index contributed by atoms with van der Waals surface area (Å²) in [6, 6.07) is 36.3. The first-order valence-electron chi connectivity index (χ1n) is 20.6. The van der Waals surface area contributed by atoms with Crippen molar-refractivity contribution in [1.29, 1.82) is 5.26 Å². The van der Waals surface area contributed by atoms with Crippen molar-refractivity contribution < 1.29 is 37.5 Å². The summed E-state index contributed by atoms with van der Waals surface area (Å²) >= 11 is 0. The largest absolute Gasteiger partial charge is 0.497 e. The number of allylic oxidation sites excluding steroid dienone is 1. The van der Waals surface area contributed by atoms with Crippen LogP contribution in [-0.4, -0.2) is 75.2 Å². The van der Waals surface area contributed by atoms with Crippen molar-refractivity contribution in [3.05, 3.63) is 151 Å². The molecule has 320 valence electrons. The summed E-state index contributed by atoms with van der Waals surface area (Å²) in [7, 11) is 1.65. The molecule has 2 saturated heterocycles. The van der Waals surface area contributed by atoms with E-state index < -0.39 is 38.0 Å². The van der Waals surface area contributed by atoms with E-state index in [9.17, 15) is 5.26 Å². The highest BCUT2D eigenvalue weighted by atomic mass is 31.2. The lowest BCUT2D eigenvalue weighted by molar-refractivity contribution is -0.184. The third-order valence-corrected chi connectivity index (χ3v) is 12.6. The van der Waals surface area contributed by atoms with E-state index in [1.165, 1.54) is 0 Å². The fourth-order valence-electron chi connectivity index (χ4n) is 7.62. The van der Waals surface area contributed by atoms with E-state index in [4.69, 9.17) is 37.5 Å². The molecule has 2 bridgehead atoms. The highest BCUT2D eigenvalue weighted by Crippen LogP contribution is 2.57. The van der Waals surface area contributed by atoms with Crippen LogP contribution in [0.4, 0.5) is 0 Å². The van der Waals surface area contributed by atoms with E-state index in [-0.39, 0.29) is 38.3 Å². The van der Waals surface area contributed by atoms with Crippen molar-refractivity contribution in [3.8, 4) is 23.3 Å². The molecule has 0 N–H and O–H groups in total. The Bertz CT molecular complexity index is 1910. The zero-order valence-electron chi connectivity index (χ0n) is 36.1. The molecule has 4 aromatic carbocycles. The summed E-state index contributed by atoms with van der Waals surface area (Å²) in [5.41, 5.74) is 1.35. The average molecular weight is 837 g/mol. The van der Waals surface area contributed by atoms with Crippen molar-refractivity contribution in [3.63, 3.8) is 0 Å². The molecule has 2 fully saturated rings. The second-order valence-electron chi connectivity index (χ2n) is 15.1. The Labute approximate surface area is 358 Å². The summed E-state index contributed by atoms with van der Waals surface area (Å²) in [4.78, 5) is 0. The number of rotatable bonds is 21. The van der Waals surface area contributed by atoms with Gasteiger partial charge in [-0.3, -0.25) is 0 Å². The molecule has 6 rings (SSSR count). The monoisotopic (exact) mass is 836 g/mol. The van der Waals surface area contributed by atoms with Gasteiger partial charge in [0.25, 0.3) is 8.53 Å². The Morgan fingerprint density at radius 1 is 0.850 bits per heavy atom. The zero-order chi connectivity index (χ0) is 43.1. The Balaban J connectivity index is 0.00000163. The van der Waals surface area contributed by atoms with Gasteiger partial charge < -0.3 is 37.5 Å². The highest BCUT2D eigenvalue weighted by Gasteiger charge is 2.65. The molecule has 2 aliphatic heterocycles. The molecule has 0 saturated carbocycles. The quantitative estimate of drug-likeness (QED) is 0.0349. The predicted molar refractivity (Wildman–Crippen MR) is 237 cm³/mol.